The Morgan fingerprint density at radius 2 is 1.93 bits per heavy atom. The van der Waals surface area contributed by atoms with Gasteiger partial charge >= 0.3 is 5.69 Å². The highest BCUT2D eigenvalue weighted by atomic mass is 16.5. The fourth-order valence-corrected chi connectivity index (χ4v) is 3.08. The number of nitrogens with one attached hydrogen (secondary N) is 2. The summed E-state index contributed by atoms with van der Waals surface area (Å²) < 4.78 is 6.86. The molecule has 1 amide bonds. The molecule has 146 valence electrons. The van der Waals surface area contributed by atoms with Crippen LogP contribution in [0.3, 0.4) is 0 Å². The first-order valence-electron chi connectivity index (χ1n) is 8.94. The summed E-state index contributed by atoms with van der Waals surface area (Å²) in [5.41, 5.74) is 3.51. The molecule has 0 radical (unpaired) electrons. The Morgan fingerprint density at radius 1 is 1.21 bits per heavy atom. The van der Waals surface area contributed by atoms with Gasteiger partial charge in [0.25, 0.3) is 0 Å². The second-order valence-electron chi connectivity index (χ2n) is 6.56. The Bertz CT molecular complexity index is 1020. The molecule has 0 unspecified atom stereocenters. The predicted molar refractivity (Wildman–Crippen MR) is 106 cm³/mol. The van der Waals surface area contributed by atoms with E-state index in [0.717, 1.165) is 28.4 Å². The number of methoxy groups -OCH3 is 1. The summed E-state index contributed by atoms with van der Waals surface area (Å²) in [4.78, 5) is 30.5. The number of ether oxygens (including phenoxy) is 1. The van der Waals surface area contributed by atoms with Crippen molar-refractivity contribution in [3.8, 4) is 11.4 Å². The van der Waals surface area contributed by atoms with Gasteiger partial charge in [-0.2, -0.15) is 10.1 Å². The number of hydrogen-bond donors (Lipinski definition) is 2. The zero-order chi connectivity index (χ0) is 20.3. The Balaban J connectivity index is 1.73. The third-order valence-electron chi connectivity index (χ3n) is 4.47. The summed E-state index contributed by atoms with van der Waals surface area (Å²) in [7, 11) is 1.61. The number of nitrogens with zero attached hydrogens (tertiary/aromatic N) is 3. The van der Waals surface area contributed by atoms with Crippen LogP contribution in [0.2, 0.25) is 0 Å². The third-order valence-corrected chi connectivity index (χ3v) is 4.47. The second-order valence-corrected chi connectivity index (χ2v) is 6.56. The zero-order valence-electron chi connectivity index (χ0n) is 16.4. The highest BCUT2D eigenvalue weighted by Gasteiger charge is 2.13. The predicted octanol–water partition coefficient (Wildman–Crippen LogP) is 2.46. The lowest BCUT2D eigenvalue weighted by Crippen LogP contribution is -2.19. The van der Waals surface area contributed by atoms with E-state index in [4.69, 9.17) is 4.74 Å². The summed E-state index contributed by atoms with van der Waals surface area (Å²) >= 11 is 0. The van der Waals surface area contributed by atoms with Crippen molar-refractivity contribution in [2.75, 3.05) is 12.4 Å². The maximum atomic E-state index is 12.5. The Kier molecular flexibility index (Phi) is 5.58. The maximum absolute atomic E-state index is 12.5. The highest BCUT2D eigenvalue weighted by Crippen LogP contribution is 2.20. The van der Waals surface area contributed by atoms with Gasteiger partial charge in [-0.25, -0.2) is 9.48 Å². The molecule has 3 rings (SSSR count). The SMILES string of the molecule is COc1ccc(-n2nc(C)cc2NC(=O)CCc2c(C)nc(=O)[nH]c2C)cc1. The molecule has 28 heavy (non-hydrogen) atoms. The molecular formula is C20H23N5O3. The average Bonchev–Trinajstić information content (AvgIpc) is 3.01. The number of amides is 1. The van der Waals surface area contributed by atoms with E-state index in [1.807, 2.05) is 44.2 Å². The number of carbonyl (C=O) groups is 1. The minimum atomic E-state index is -0.373. The van der Waals surface area contributed by atoms with Gasteiger partial charge in [0.05, 0.1) is 18.5 Å². The number of benzene rings is 1. The summed E-state index contributed by atoms with van der Waals surface area (Å²) in [5, 5.41) is 7.37. The van der Waals surface area contributed by atoms with Gasteiger partial charge in [0, 0.05) is 23.9 Å². The number of aromatic amines is 1. The van der Waals surface area contributed by atoms with Gasteiger partial charge in [0.1, 0.15) is 11.6 Å². The number of H-pyrrole nitrogens is 1. The number of carbonyl (C=O) groups excluding carboxylic acids is 1. The van der Waals surface area contributed by atoms with E-state index in [0.29, 0.717) is 17.9 Å². The van der Waals surface area contributed by atoms with Crippen molar-refractivity contribution < 1.29 is 9.53 Å². The van der Waals surface area contributed by atoms with Gasteiger partial charge in [-0.3, -0.25) is 4.79 Å². The topological polar surface area (TPSA) is 102 Å². The van der Waals surface area contributed by atoms with E-state index < -0.39 is 0 Å². The molecule has 1 aromatic carbocycles. The van der Waals surface area contributed by atoms with Gasteiger partial charge in [0.15, 0.2) is 0 Å². The first-order chi connectivity index (χ1) is 13.4. The van der Waals surface area contributed by atoms with Crippen molar-refractivity contribution in [1.29, 1.82) is 0 Å². The van der Waals surface area contributed by atoms with Crippen molar-refractivity contribution >= 4 is 11.7 Å². The molecule has 8 nitrogen and oxygen atoms in total. The second kappa shape index (κ2) is 8.08. The van der Waals surface area contributed by atoms with Gasteiger partial charge in [0.2, 0.25) is 5.91 Å². The van der Waals surface area contributed by atoms with Crippen molar-refractivity contribution in [3.63, 3.8) is 0 Å². The molecule has 2 heterocycles. The Labute approximate surface area is 162 Å². The van der Waals surface area contributed by atoms with E-state index >= 15 is 0 Å². The maximum Gasteiger partial charge on any atom is 0.345 e. The van der Waals surface area contributed by atoms with Crippen LogP contribution in [0.15, 0.2) is 35.1 Å². The van der Waals surface area contributed by atoms with Crippen LogP contribution < -0.4 is 15.7 Å². The molecule has 0 aliphatic rings. The summed E-state index contributed by atoms with van der Waals surface area (Å²) in [6.45, 7) is 5.46. The minimum absolute atomic E-state index is 0.139. The molecule has 2 aromatic heterocycles. The first-order valence-corrected chi connectivity index (χ1v) is 8.94. The zero-order valence-corrected chi connectivity index (χ0v) is 16.4. The molecule has 0 saturated carbocycles. The largest absolute Gasteiger partial charge is 0.497 e. The monoisotopic (exact) mass is 381 g/mol. The lowest BCUT2D eigenvalue weighted by Gasteiger charge is -2.11. The van der Waals surface area contributed by atoms with Crippen LogP contribution in [0.1, 0.15) is 29.1 Å². The van der Waals surface area contributed by atoms with Crippen LogP contribution in [-0.2, 0) is 11.2 Å². The first kappa shape index (κ1) is 19.3. The molecule has 0 spiro atoms. The minimum Gasteiger partial charge on any atom is -0.497 e. The number of aromatic nitrogens is 4. The van der Waals surface area contributed by atoms with Gasteiger partial charge < -0.3 is 15.0 Å². The van der Waals surface area contributed by atoms with Crippen molar-refractivity contribution in [3.05, 3.63) is 63.5 Å². The van der Waals surface area contributed by atoms with Crippen LogP contribution >= 0.6 is 0 Å². The molecule has 0 fully saturated rings. The van der Waals surface area contributed by atoms with Crippen LogP contribution in [0.25, 0.3) is 5.69 Å². The van der Waals surface area contributed by atoms with Gasteiger partial charge in [-0.1, -0.05) is 0 Å². The van der Waals surface area contributed by atoms with Gasteiger partial charge in [-0.15, -0.1) is 0 Å². The number of rotatable bonds is 6. The van der Waals surface area contributed by atoms with E-state index in [1.54, 1.807) is 18.7 Å². The molecule has 3 aromatic rings. The van der Waals surface area contributed by atoms with Crippen LogP contribution in [0, 0.1) is 20.8 Å². The Hall–Kier alpha value is -3.42. The molecule has 8 heteroatoms. The van der Waals surface area contributed by atoms with Crippen LogP contribution in [0.4, 0.5) is 5.82 Å². The van der Waals surface area contributed by atoms with Crippen LogP contribution in [0.5, 0.6) is 5.75 Å². The van der Waals surface area contributed by atoms with E-state index in [9.17, 15) is 9.59 Å². The van der Waals surface area contributed by atoms with E-state index in [1.165, 1.54) is 0 Å². The van der Waals surface area contributed by atoms with E-state index in [2.05, 4.69) is 20.4 Å². The molecule has 0 atom stereocenters. The fourth-order valence-electron chi connectivity index (χ4n) is 3.08. The Morgan fingerprint density at radius 3 is 2.57 bits per heavy atom. The molecular weight excluding hydrogens is 358 g/mol. The summed E-state index contributed by atoms with van der Waals surface area (Å²) in [6, 6.07) is 9.25. The molecule has 0 aliphatic carbocycles. The van der Waals surface area contributed by atoms with Crippen LogP contribution in [-0.4, -0.2) is 32.8 Å². The van der Waals surface area contributed by atoms with E-state index in [-0.39, 0.29) is 18.0 Å². The third kappa shape index (κ3) is 4.28. The number of anilines is 1. The van der Waals surface area contributed by atoms with Gasteiger partial charge in [-0.05, 0) is 57.0 Å². The van der Waals surface area contributed by atoms with Crippen molar-refractivity contribution in [2.24, 2.45) is 0 Å². The normalized spacial score (nSPS) is 10.7. The number of hydrogen-bond acceptors (Lipinski definition) is 5. The quantitative estimate of drug-likeness (QED) is 0.683. The summed E-state index contributed by atoms with van der Waals surface area (Å²) in [6.07, 6.45) is 0.755. The smallest absolute Gasteiger partial charge is 0.345 e. The number of aryl methyl sites for hydroxylation is 3. The molecule has 0 saturated heterocycles. The summed E-state index contributed by atoms with van der Waals surface area (Å²) in [5.74, 6) is 1.21. The lowest BCUT2D eigenvalue weighted by atomic mass is 10.1. The average molecular weight is 381 g/mol. The fraction of sp³-hybridized carbons (Fsp3) is 0.300. The molecule has 0 bridgehead atoms. The molecule has 0 aliphatic heterocycles. The van der Waals surface area contributed by atoms with Crippen molar-refractivity contribution in [1.82, 2.24) is 19.7 Å². The lowest BCUT2D eigenvalue weighted by molar-refractivity contribution is -0.116. The van der Waals surface area contributed by atoms with Crippen molar-refractivity contribution in [2.45, 2.75) is 33.6 Å². The standard InChI is InChI=1S/C20H23N5O3/c1-12-11-18(25(24-12)15-5-7-16(28-4)8-6-15)23-19(26)10-9-17-13(2)21-20(27)22-14(17)3/h5-8,11H,9-10H2,1-4H3,(H,23,26)(H,21,22,27). The molecule has 2 N–H and O–H groups in total. The highest BCUT2D eigenvalue weighted by molar-refractivity contribution is 5.90.